The van der Waals surface area contributed by atoms with Gasteiger partial charge >= 0.3 is 5.97 Å². The zero-order valence-corrected chi connectivity index (χ0v) is 10.3. The Morgan fingerprint density at radius 2 is 2.28 bits per heavy atom. The molecule has 1 atom stereocenters. The number of rotatable bonds is 4. The minimum absolute atomic E-state index is 0.0569. The number of nitrogens with one attached hydrogen (secondary N) is 1. The summed E-state index contributed by atoms with van der Waals surface area (Å²) in [7, 11) is 0. The molecule has 0 aliphatic carbocycles. The second-order valence-corrected chi connectivity index (χ2v) is 4.89. The van der Waals surface area contributed by atoms with E-state index in [0.29, 0.717) is 26.2 Å². The number of likely N-dealkylation sites (tertiary alicyclic amines) is 1. The van der Waals surface area contributed by atoms with Crippen molar-refractivity contribution in [2.24, 2.45) is 0 Å². The number of hydrogen-bond acceptors (Lipinski definition) is 5. The number of morpholine rings is 1. The third kappa shape index (κ3) is 2.98. The number of nitrogens with zero attached hydrogens (tertiary/aromatic N) is 1. The van der Waals surface area contributed by atoms with Crippen LogP contribution >= 0.6 is 0 Å². The Hall–Kier alpha value is -1.18. The van der Waals surface area contributed by atoms with Gasteiger partial charge in [0.25, 0.3) is 5.91 Å². The summed E-state index contributed by atoms with van der Waals surface area (Å²) in [6, 6.07) is 0. The number of carboxylic acids is 1. The lowest BCUT2D eigenvalue weighted by atomic mass is 9.95. The number of carboxylic acid groups (broad SMARTS) is 1. The normalized spacial score (nSPS) is 26.5. The molecule has 0 bridgehead atoms. The highest BCUT2D eigenvalue weighted by Crippen LogP contribution is 2.25. The fraction of sp³-hybridized carbons (Fsp3) is 0.818. The van der Waals surface area contributed by atoms with Crippen LogP contribution in [0.2, 0.25) is 0 Å². The molecule has 2 aliphatic heterocycles. The minimum Gasteiger partial charge on any atom is -0.480 e. The summed E-state index contributed by atoms with van der Waals surface area (Å²) in [5.41, 5.74) is -0.545. The molecule has 102 valence electrons. The predicted octanol–water partition coefficient (Wildman–Crippen LogP) is -1.32. The number of aliphatic carboxylic acids is 1. The number of hydrogen-bond donors (Lipinski definition) is 2. The van der Waals surface area contributed by atoms with Crippen LogP contribution in [0.25, 0.3) is 0 Å². The molecule has 7 nitrogen and oxygen atoms in total. The van der Waals surface area contributed by atoms with Gasteiger partial charge in [-0.05, 0) is 6.92 Å². The highest BCUT2D eigenvalue weighted by Gasteiger charge is 2.44. The van der Waals surface area contributed by atoms with Crippen LogP contribution in [0.5, 0.6) is 0 Å². The van der Waals surface area contributed by atoms with Crippen molar-refractivity contribution in [3.63, 3.8) is 0 Å². The monoisotopic (exact) mass is 258 g/mol. The van der Waals surface area contributed by atoms with Gasteiger partial charge < -0.3 is 24.8 Å². The molecule has 2 saturated heterocycles. The Labute approximate surface area is 105 Å². The maximum absolute atomic E-state index is 12.0. The van der Waals surface area contributed by atoms with Gasteiger partial charge in [-0.2, -0.15) is 0 Å². The molecule has 1 unspecified atom stereocenters. The second kappa shape index (κ2) is 5.21. The Morgan fingerprint density at radius 3 is 2.83 bits per heavy atom. The van der Waals surface area contributed by atoms with E-state index in [4.69, 9.17) is 14.6 Å². The van der Waals surface area contributed by atoms with Gasteiger partial charge in [-0.3, -0.25) is 4.79 Å². The van der Waals surface area contributed by atoms with Crippen molar-refractivity contribution in [3.8, 4) is 0 Å². The molecule has 0 aromatic rings. The molecular formula is C11H18N2O5. The largest absolute Gasteiger partial charge is 0.480 e. The quantitative estimate of drug-likeness (QED) is 0.650. The first kappa shape index (κ1) is 13.3. The van der Waals surface area contributed by atoms with Crippen molar-refractivity contribution in [2.45, 2.75) is 18.6 Å². The van der Waals surface area contributed by atoms with Crippen LogP contribution in [0.1, 0.15) is 6.92 Å². The van der Waals surface area contributed by atoms with E-state index in [-0.39, 0.29) is 12.5 Å². The first-order valence-corrected chi connectivity index (χ1v) is 5.97. The molecule has 1 amide bonds. The van der Waals surface area contributed by atoms with E-state index in [1.807, 2.05) is 0 Å². The molecule has 18 heavy (non-hydrogen) atoms. The van der Waals surface area contributed by atoms with E-state index < -0.39 is 17.7 Å². The highest BCUT2D eigenvalue weighted by molar-refractivity contribution is 5.82. The predicted molar refractivity (Wildman–Crippen MR) is 61.2 cm³/mol. The lowest BCUT2D eigenvalue weighted by Crippen LogP contribution is -2.66. The molecule has 0 aromatic carbocycles. The average Bonchev–Trinajstić information content (AvgIpc) is 2.33. The van der Waals surface area contributed by atoms with Crippen molar-refractivity contribution >= 4 is 11.9 Å². The van der Waals surface area contributed by atoms with Gasteiger partial charge in [-0.1, -0.05) is 0 Å². The van der Waals surface area contributed by atoms with Crippen molar-refractivity contribution in [2.75, 3.05) is 39.4 Å². The summed E-state index contributed by atoms with van der Waals surface area (Å²) in [5, 5.41) is 11.6. The summed E-state index contributed by atoms with van der Waals surface area (Å²) in [6.45, 7) is 4.14. The van der Waals surface area contributed by atoms with Crippen molar-refractivity contribution in [3.05, 3.63) is 0 Å². The maximum atomic E-state index is 12.0. The van der Waals surface area contributed by atoms with Gasteiger partial charge in [0.2, 0.25) is 0 Å². The van der Waals surface area contributed by atoms with E-state index >= 15 is 0 Å². The maximum Gasteiger partial charge on any atom is 0.329 e. The third-order valence-corrected chi connectivity index (χ3v) is 3.11. The summed E-state index contributed by atoms with van der Waals surface area (Å²) in [6.07, 6.45) is -0.428. The van der Waals surface area contributed by atoms with Gasteiger partial charge in [-0.15, -0.1) is 0 Å². The molecule has 0 aromatic heterocycles. The van der Waals surface area contributed by atoms with Crippen LogP contribution in [0.4, 0.5) is 0 Å². The number of carbonyl (C=O) groups is 2. The molecule has 0 radical (unpaired) electrons. The van der Waals surface area contributed by atoms with Crippen LogP contribution in [0.3, 0.4) is 0 Å². The topological polar surface area (TPSA) is 88.1 Å². The van der Waals surface area contributed by atoms with E-state index in [1.165, 1.54) is 0 Å². The zero-order chi connectivity index (χ0) is 13.2. The van der Waals surface area contributed by atoms with Crippen LogP contribution < -0.4 is 5.32 Å². The summed E-state index contributed by atoms with van der Waals surface area (Å²) >= 11 is 0. The van der Waals surface area contributed by atoms with E-state index in [0.717, 1.165) is 6.54 Å². The van der Waals surface area contributed by atoms with Gasteiger partial charge in [-0.25, -0.2) is 4.79 Å². The SMILES string of the molecule is CC1(OCC(=O)O)CN(C(=O)C2CNCCO2)C1. The lowest BCUT2D eigenvalue weighted by molar-refractivity contribution is -0.180. The minimum atomic E-state index is -0.999. The molecule has 2 fully saturated rings. The van der Waals surface area contributed by atoms with Crippen LogP contribution in [-0.4, -0.2) is 73.0 Å². The molecule has 2 N–H and O–H groups in total. The van der Waals surface area contributed by atoms with Gasteiger partial charge in [0.15, 0.2) is 0 Å². The number of amides is 1. The molecule has 2 aliphatic rings. The molecule has 7 heteroatoms. The summed E-state index contributed by atoms with van der Waals surface area (Å²) in [4.78, 5) is 24.0. The lowest BCUT2D eigenvalue weighted by Gasteiger charge is -2.48. The molecular weight excluding hydrogens is 240 g/mol. The van der Waals surface area contributed by atoms with Gasteiger partial charge in [0.1, 0.15) is 18.3 Å². The second-order valence-electron chi connectivity index (χ2n) is 4.89. The van der Waals surface area contributed by atoms with Crippen molar-refractivity contribution in [1.82, 2.24) is 10.2 Å². The molecule has 0 saturated carbocycles. The number of carbonyl (C=O) groups excluding carboxylic acids is 1. The summed E-state index contributed by atoms with van der Waals surface area (Å²) < 4.78 is 10.6. The van der Waals surface area contributed by atoms with Crippen molar-refractivity contribution < 1.29 is 24.2 Å². The Bertz CT molecular complexity index is 334. The first-order valence-electron chi connectivity index (χ1n) is 5.97. The van der Waals surface area contributed by atoms with E-state index in [1.54, 1.807) is 11.8 Å². The Balaban J connectivity index is 1.77. The van der Waals surface area contributed by atoms with Gasteiger partial charge in [0, 0.05) is 13.1 Å². The Kier molecular flexibility index (Phi) is 3.84. The van der Waals surface area contributed by atoms with E-state index in [2.05, 4.69) is 5.32 Å². The van der Waals surface area contributed by atoms with Crippen LogP contribution in [0, 0.1) is 0 Å². The highest BCUT2D eigenvalue weighted by atomic mass is 16.5. The van der Waals surface area contributed by atoms with Crippen LogP contribution in [0.15, 0.2) is 0 Å². The van der Waals surface area contributed by atoms with Crippen LogP contribution in [-0.2, 0) is 19.1 Å². The molecule has 2 heterocycles. The number of ether oxygens (including phenoxy) is 2. The fourth-order valence-electron chi connectivity index (χ4n) is 2.17. The molecule has 0 spiro atoms. The van der Waals surface area contributed by atoms with Crippen molar-refractivity contribution in [1.29, 1.82) is 0 Å². The van der Waals surface area contributed by atoms with E-state index in [9.17, 15) is 9.59 Å². The fourth-order valence-corrected chi connectivity index (χ4v) is 2.17. The Morgan fingerprint density at radius 1 is 1.56 bits per heavy atom. The zero-order valence-electron chi connectivity index (χ0n) is 10.3. The summed E-state index contributed by atoms with van der Waals surface area (Å²) in [5.74, 6) is -1.06. The smallest absolute Gasteiger partial charge is 0.329 e. The third-order valence-electron chi connectivity index (χ3n) is 3.11. The standard InChI is InChI=1S/C11H18N2O5/c1-11(18-5-9(14)15)6-13(7-11)10(16)8-4-12-2-3-17-8/h8,12H,2-7H2,1H3,(H,14,15). The first-order chi connectivity index (χ1) is 8.50. The average molecular weight is 258 g/mol. The van der Waals surface area contributed by atoms with Gasteiger partial charge in [0.05, 0.1) is 19.7 Å². The molecule has 2 rings (SSSR count).